The average molecular weight is 294 g/mol. The van der Waals surface area contributed by atoms with Crippen LogP contribution < -0.4 is 5.32 Å². The van der Waals surface area contributed by atoms with Gasteiger partial charge in [0.2, 0.25) is 0 Å². The zero-order valence-corrected chi connectivity index (χ0v) is 12.6. The first-order valence-electron chi connectivity index (χ1n) is 6.70. The Morgan fingerprint density at radius 2 is 1.95 bits per heavy atom. The lowest BCUT2D eigenvalue weighted by Gasteiger charge is -2.06. The monoisotopic (exact) mass is 293 g/mol. The maximum Gasteiger partial charge on any atom is 0.0662 e. The minimum atomic E-state index is 0.150. The van der Waals surface area contributed by atoms with Crippen molar-refractivity contribution < 1.29 is 5.11 Å². The number of hydrogen-bond donors (Lipinski definition) is 2. The number of benzene rings is 1. The molecule has 0 spiro atoms. The van der Waals surface area contributed by atoms with Crippen molar-refractivity contribution >= 4 is 11.6 Å². The zero-order valence-electron chi connectivity index (χ0n) is 11.9. The molecule has 0 radical (unpaired) electrons. The quantitative estimate of drug-likeness (QED) is 0.804. The standard InChI is InChI=1S/C15H20ClN3O/c1-11-15(9-17-7-8-20)12(2)19(18-11)10-13-3-5-14(16)6-4-13/h3-6,17,20H,7-10H2,1-2H3. The Morgan fingerprint density at radius 1 is 1.25 bits per heavy atom. The third-order valence-corrected chi connectivity index (χ3v) is 3.62. The van der Waals surface area contributed by atoms with Crippen molar-refractivity contribution in [3.8, 4) is 0 Å². The van der Waals surface area contributed by atoms with Crippen LogP contribution in [0.3, 0.4) is 0 Å². The van der Waals surface area contributed by atoms with Crippen molar-refractivity contribution in [3.05, 3.63) is 51.8 Å². The summed E-state index contributed by atoms with van der Waals surface area (Å²) >= 11 is 5.90. The largest absolute Gasteiger partial charge is 0.395 e. The number of nitrogens with one attached hydrogen (secondary N) is 1. The second-order valence-corrected chi connectivity index (χ2v) is 5.27. The van der Waals surface area contributed by atoms with Gasteiger partial charge in [-0.1, -0.05) is 23.7 Å². The molecule has 0 aliphatic heterocycles. The Kier molecular flexibility index (Phi) is 5.17. The number of aliphatic hydroxyl groups is 1. The molecular formula is C15H20ClN3O. The van der Waals surface area contributed by atoms with Gasteiger partial charge in [-0.05, 0) is 31.5 Å². The lowest BCUT2D eigenvalue weighted by Crippen LogP contribution is -2.18. The van der Waals surface area contributed by atoms with E-state index in [9.17, 15) is 0 Å². The van der Waals surface area contributed by atoms with E-state index in [2.05, 4.69) is 17.3 Å². The van der Waals surface area contributed by atoms with Gasteiger partial charge in [-0.25, -0.2) is 0 Å². The van der Waals surface area contributed by atoms with Gasteiger partial charge in [0.05, 0.1) is 18.8 Å². The van der Waals surface area contributed by atoms with Crippen LogP contribution in [0.25, 0.3) is 0 Å². The summed E-state index contributed by atoms with van der Waals surface area (Å²) in [5, 5.41) is 17.3. The van der Waals surface area contributed by atoms with Crippen molar-refractivity contribution in [3.63, 3.8) is 0 Å². The number of rotatable bonds is 6. The summed E-state index contributed by atoms with van der Waals surface area (Å²) in [5.41, 5.74) is 4.56. The van der Waals surface area contributed by atoms with E-state index >= 15 is 0 Å². The minimum absolute atomic E-state index is 0.150. The summed E-state index contributed by atoms with van der Waals surface area (Å²) in [7, 11) is 0. The van der Waals surface area contributed by atoms with Crippen LogP contribution in [0.5, 0.6) is 0 Å². The van der Waals surface area contributed by atoms with E-state index in [1.165, 1.54) is 11.1 Å². The van der Waals surface area contributed by atoms with Gasteiger partial charge in [0.25, 0.3) is 0 Å². The van der Waals surface area contributed by atoms with Crippen LogP contribution in [0.1, 0.15) is 22.5 Å². The molecule has 0 saturated carbocycles. The second kappa shape index (κ2) is 6.88. The molecule has 2 rings (SSSR count). The first kappa shape index (κ1) is 15.0. The normalized spacial score (nSPS) is 11.0. The van der Waals surface area contributed by atoms with Gasteiger partial charge < -0.3 is 10.4 Å². The van der Waals surface area contributed by atoms with Gasteiger partial charge in [-0.2, -0.15) is 5.10 Å². The minimum Gasteiger partial charge on any atom is -0.395 e. The molecule has 4 nitrogen and oxygen atoms in total. The molecular weight excluding hydrogens is 274 g/mol. The molecule has 5 heteroatoms. The van der Waals surface area contributed by atoms with Crippen LogP contribution in [0.2, 0.25) is 5.02 Å². The third-order valence-electron chi connectivity index (χ3n) is 3.37. The molecule has 0 bridgehead atoms. The van der Waals surface area contributed by atoms with Gasteiger partial charge in [0.15, 0.2) is 0 Å². The van der Waals surface area contributed by atoms with Crippen LogP contribution >= 0.6 is 11.6 Å². The number of nitrogens with zero attached hydrogens (tertiary/aromatic N) is 2. The summed E-state index contributed by atoms with van der Waals surface area (Å²) in [5.74, 6) is 0. The SMILES string of the molecule is Cc1nn(Cc2ccc(Cl)cc2)c(C)c1CNCCO. The maximum atomic E-state index is 8.81. The van der Waals surface area contributed by atoms with Crippen molar-refractivity contribution in [1.29, 1.82) is 0 Å². The summed E-state index contributed by atoms with van der Waals surface area (Å²) in [4.78, 5) is 0. The maximum absolute atomic E-state index is 8.81. The molecule has 0 fully saturated rings. The van der Waals surface area contributed by atoms with E-state index in [1.807, 2.05) is 35.9 Å². The molecule has 1 heterocycles. The fraction of sp³-hybridized carbons (Fsp3) is 0.400. The predicted molar refractivity (Wildman–Crippen MR) is 81.0 cm³/mol. The highest BCUT2D eigenvalue weighted by Gasteiger charge is 2.11. The highest BCUT2D eigenvalue weighted by Crippen LogP contribution is 2.16. The lowest BCUT2D eigenvalue weighted by atomic mass is 10.2. The van der Waals surface area contributed by atoms with Crippen molar-refractivity contribution in [2.75, 3.05) is 13.2 Å². The van der Waals surface area contributed by atoms with Crippen LogP contribution in [-0.2, 0) is 13.1 Å². The van der Waals surface area contributed by atoms with Gasteiger partial charge in [0, 0.05) is 29.4 Å². The molecule has 0 amide bonds. The van der Waals surface area contributed by atoms with Crippen molar-refractivity contribution in [2.45, 2.75) is 26.9 Å². The molecule has 2 aromatic rings. The summed E-state index contributed by atoms with van der Waals surface area (Å²) in [6.45, 7) is 6.31. The topological polar surface area (TPSA) is 50.1 Å². The first-order chi connectivity index (χ1) is 9.61. The van der Waals surface area contributed by atoms with Crippen molar-refractivity contribution in [1.82, 2.24) is 15.1 Å². The third kappa shape index (κ3) is 3.60. The van der Waals surface area contributed by atoms with Gasteiger partial charge in [-0.15, -0.1) is 0 Å². The highest BCUT2D eigenvalue weighted by atomic mass is 35.5. The Labute approximate surface area is 124 Å². The molecule has 20 heavy (non-hydrogen) atoms. The predicted octanol–water partition coefficient (Wildman–Crippen LogP) is 2.28. The number of aliphatic hydroxyl groups excluding tert-OH is 1. The lowest BCUT2D eigenvalue weighted by molar-refractivity contribution is 0.292. The molecule has 108 valence electrons. The Bertz CT molecular complexity index is 563. The van der Waals surface area contributed by atoms with E-state index in [1.54, 1.807) is 0 Å². The number of aryl methyl sites for hydroxylation is 1. The molecule has 2 N–H and O–H groups in total. The fourth-order valence-electron chi connectivity index (χ4n) is 2.20. The van der Waals surface area contributed by atoms with Gasteiger partial charge in [0.1, 0.15) is 0 Å². The Balaban J connectivity index is 2.12. The van der Waals surface area contributed by atoms with Crippen LogP contribution in [0.4, 0.5) is 0 Å². The smallest absolute Gasteiger partial charge is 0.0662 e. The highest BCUT2D eigenvalue weighted by molar-refractivity contribution is 6.30. The summed E-state index contributed by atoms with van der Waals surface area (Å²) in [6.07, 6.45) is 0. The molecule has 0 unspecified atom stereocenters. The first-order valence-corrected chi connectivity index (χ1v) is 7.08. The molecule has 0 aliphatic rings. The van der Waals surface area contributed by atoms with Crippen LogP contribution in [-0.4, -0.2) is 28.0 Å². The van der Waals surface area contributed by atoms with E-state index in [-0.39, 0.29) is 6.61 Å². The van der Waals surface area contributed by atoms with E-state index < -0.39 is 0 Å². The van der Waals surface area contributed by atoms with Crippen LogP contribution in [0, 0.1) is 13.8 Å². The van der Waals surface area contributed by atoms with E-state index in [0.717, 1.165) is 29.5 Å². The molecule has 1 aromatic heterocycles. The Hall–Kier alpha value is -1.36. The zero-order chi connectivity index (χ0) is 14.5. The summed E-state index contributed by atoms with van der Waals surface area (Å²) in [6, 6.07) is 7.82. The summed E-state index contributed by atoms with van der Waals surface area (Å²) < 4.78 is 2.01. The average Bonchev–Trinajstić information content (AvgIpc) is 2.69. The Morgan fingerprint density at radius 3 is 2.60 bits per heavy atom. The second-order valence-electron chi connectivity index (χ2n) is 4.83. The molecule has 0 saturated heterocycles. The molecule has 1 aromatic carbocycles. The van der Waals surface area contributed by atoms with Crippen LogP contribution in [0.15, 0.2) is 24.3 Å². The number of aromatic nitrogens is 2. The van der Waals surface area contributed by atoms with E-state index in [0.29, 0.717) is 6.54 Å². The molecule has 0 aliphatic carbocycles. The molecule has 0 atom stereocenters. The number of hydrogen-bond acceptors (Lipinski definition) is 3. The van der Waals surface area contributed by atoms with Gasteiger partial charge in [-0.3, -0.25) is 4.68 Å². The van der Waals surface area contributed by atoms with Crippen molar-refractivity contribution in [2.24, 2.45) is 0 Å². The fourth-order valence-corrected chi connectivity index (χ4v) is 2.32. The van der Waals surface area contributed by atoms with E-state index in [4.69, 9.17) is 16.7 Å². The van der Waals surface area contributed by atoms with Gasteiger partial charge >= 0.3 is 0 Å². The number of halogens is 1.